The van der Waals surface area contributed by atoms with E-state index in [1.165, 1.54) is 5.56 Å². The third-order valence-electron chi connectivity index (χ3n) is 3.07. The average Bonchev–Trinajstić information content (AvgIpc) is 2.52. The maximum absolute atomic E-state index is 5.87. The van der Waals surface area contributed by atoms with E-state index in [0.29, 0.717) is 24.7 Å². The largest absolute Gasteiger partial charge is 0.493 e. The second-order valence-corrected chi connectivity index (χ2v) is 4.86. The molecule has 2 rings (SSSR count). The number of rotatable bonds is 8. The van der Waals surface area contributed by atoms with Gasteiger partial charge in [0, 0.05) is 18.5 Å². The molecule has 0 bridgehead atoms. The quantitative estimate of drug-likeness (QED) is 0.596. The number of hydrogen-bond acceptors (Lipinski definition) is 4. The van der Waals surface area contributed by atoms with Crippen LogP contribution in [0, 0.1) is 0 Å². The summed E-state index contributed by atoms with van der Waals surface area (Å²) >= 11 is 0. The minimum atomic E-state index is 0.646. The summed E-state index contributed by atoms with van der Waals surface area (Å²) < 4.78 is 11.3. The Bertz CT molecular complexity index is 544. The van der Waals surface area contributed by atoms with Crippen LogP contribution in [-0.2, 0) is 6.42 Å². The van der Waals surface area contributed by atoms with Crippen LogP contribution in [0.1, 0.15) is 25.3 Å². The second-order valence-electron chi connectivity index (χ2n) is 4.86. The molecule has 0 amide bonds. The average molecular weight is 286 g/mol. The Hall–Kier alpha value is -2.23. The third-order valence-corrected chi connectivity index (χ3v) is 3.07. The lowest BCUT2D eigenvalue weighted by atomic mass is 10.1. The van der Waals surface area contributed by atoms with Crippen molar-refractivity contribution in [1.29, 1.82) is 0 Å². The molecule has 0 aliphatic rings. The van der Waals surface area contributed by atoms with E-state index < -0.39 is 0 Å². The van der Waals surface area contributed by atoms with E-state index in [4.69, 9.17) is 15.2 Å². The molecule has 21 heavy (non-hydrogen) atoms. The number of anilines is 1. The third kappa shape index (κ3) is 4.99. The van der Waals surface area contributed by atoms with E-state index in [1.807, 2.05) is 42.7 Å². The van der Waals surface area contributed by atoms with Gasteiger partial charge in [-0.3, -0.25) is 4.98 Å². The molecule has 2 N–H and O–H groups in total. The van der Waals surface area contributed by atoms with E-state index in [1.54, 1.807) is 0 Å². The van der Waals surface area contributed by atoms with Gasteiger partial charge in [-0.05, 0) is 49.1 Å². The van der Waals surface area contributed by atoms with Crippen molar-refractivity contribution in [2.24, 2.45) is 0 Å². The lowest BCUT2D eigenvalue weighted by molar-refractivity contribution is 0.299. The monoisotopic (exact) mass is 286 g/mol. The van der Waals surface area contributed by atoms with Gasteiger partial charge in [-0.2, -0.15) is 0 Å². The normalized spacial score (nSPS) is 10.3. The van der Waals surface area contributed by atoms with Crippen LogP contribution in [0.25, 0.3) is 0 Å². The Morgan fingerprint density at radius 2 is 1.86 bits per heavy atom. The van der Waals surface area contributed by atoms with Crippen LogP contribution in [0.3, 0.4) is 0 Å². The maximum atomic E-state index is 5.87. The van der Waals surface area contributed by atoms with Crippen LogP contribution < -0.4 is 15.2 Å². The highest BCUT2D eigenvalue weighted by Gasteiger charge is 2.03. The lowest BCUT2D eigenvalue weighted by Gasteiger charge is -2.11. The van der Waals surface area contributed by atoms with Gasteiger partial charge < -0.3 is 15.2 Å². The van der Waals surface area contributed by atoms with Crippen LogP contribution in [0.15, 0.2) is 42.7 Å². The SMILES string of the molecule is CCCOc1cc(OCCCc2ccncc2)ccc1N. The predicted octanol–water partition coefficient (Wildman–Crippen LogP) is 3.46. The van der Waals surface area contributed by atoms with E-state index >= 15 is 0 Å². The van der Waals surface area contributed by atoms with Gasteiger partial charge in [-0.1, -0.05) is 6.92 Å². The second kappa shape index (κ2) is 8.15. The van der Waals surface area contributed by atoms with Crippen molar-refractivity contribution in [3.8, 4) is 11.5 Å². The van der Waals surface area contributed by atoms with Crippen molar-refractivity contribution >= 4 is 5.69 Å². The van der Waals surface area contributed by atoms with Crippen LogP contribution in [0.5, 0.6) is 11.5 Å². The molecule has 0 aliphatic carbocycles. The van der Waals surface area contributed by atoms with Crippen molar-refractivity contribution in [2.75, 3.05) is 18.9 Å². The number of nitrogens with two attached hydrogens (primary N) is 1. The number of ether oxygens (including phenoxy) is 2. The maximum Gasteiger partial charge on any atom is 0.145 e. The Balaban J connectivity index is 1.80. The van der Waals surface area contributed by atoms with E-state index in [9.17, 15) is 0 Å². The predicted molar refractivity (Wildman–Crippen MR) is 84.7 cm³/mol. The van der Waals surface area contributed by atoms with E-state index in [-0.39, 0.29) is 0 Å². The minimum absolute atomic E-state index is 0.646. The van der Waals surface area contributed by atoms with Gasteiger partial charge in [-0.15, -0.1) is 0 Å². The number of nitrogens with zero attached hydrogens (tertiary/aromatic N) is 1. The van der Waals surface area contributed by atoms with Gasteiger partial charge in [0.2, 0.25) is 0 Å². The number of aryl methyl sites for hydroxylation is 1. The summed E-state index contributed by atoms with van der Waals surface area (Å²) in [6.45, 7) is 3.39. The summed E-state index contributed by atoms with van der Waals surface area (Å²) in [6, 6.07) is 9.61. The molecule has 0 unspecified atom stereocenters. The highest BCUT2D eigenvalue weighted by Crippen LogP contribution is 2.27. The fraction of sp³-hybridized carbons (Fsp3) is 0.353. The lowest BCUT2D eigenvalue weighted by Crippen LogP contribution is -2.02. The summed E-state index contributed by atoms with van der Waals surface area (Å²) in [5.41, 5.74) is 7.80. The smallest absolute Gasteiger partial charge is 0.145 e. The van der Waals surface area contributed by atoms with E-state index in [0.717, 1.165) is 25.0 Å². The fourth-order valence-electron chi connectivity index (χ4n) is 1.96. The molecule has 1 aromatic carbocycles. The van der Waals surface area contributed by atoms with Gasteiger partial charge in [-0.25, -0.2) is 0 Å². The number of pyridine rings is 1. The Morgan fingerprint density at radius 3 is 2.62 bits per heavy atom. The molecule has 0 fully saturated rings. The highest BCUT2D eigenvalue weighted by atomic mass is 16.5. The molecule has 112 valence electrons. The van der Waals surface area contributed by atoms with Gasteiger partial charge in [0.05, 0.1) is 18.9 Å². The molecule has 0 saturated carbocycles. The van der Waals surface area contributed by atoms with Gasteiger partial charge in [0.25, 0.3) is 0 Å². The zero-order chi connectivity index (χ0) is 14.9. The Labute approximate surface area is 125 Å². The molecule has 0 spiro atoms. The number of nitrogen functional groups attached to an aromatic ring is 1. The zero-order valence-corrected chi connectivity index (χ0v) is 12.4. The molecule has 0 saturated heterocycles. The molecule has 4 nitrogen and oxygen atoms in total. The molecule has 1 aromatic heterocycles. The van der Waals surface area contributed by atoms with E-state index in [2.05, 4.69) is 11.9 Å². The number of benzene rings is 1. The molecule has 4 heteroatoms. The van der Waals surface area contributed by atoms with Crippen molar-refractivity contribution in [2.45, 2.75) is 26.2 Å². The first-order valence-corrected chi connectivity index (χ1v) is 7.33. The number of hydrogen-bond donors (Lipinski definition) is 1. The van der Waals surface area contributed by atoms with Gasteiger partial charge >= 0.3 is 0 Å². The van der Waals surface area contributed by atoms with Crippen LogP contribution in [-0.4, -0.2) is 18.2 Å². The molecule has 0 aliphatic heterocycles. The van der Waals surface area contributed by atoms with Gasteiger partial charge in [0.1, 0.15) is 11.5 Å². The molecule has 0 radical (unpaired) electrons. The molecule has 1 heterocycles. The molecule has 2 aromatic rings. The van der Waals surface area contributed by atoms with Crippen molar-refractivity contribution in [3.05, 3.63) is 48.3 Å². The van der Waals surface area contributed by atoms with Crippen LogP contribution in [0.2, 0.25) is 0 Å². The molecular formula is C17H22N2O2. The topological polar surface area (TPSA) is 57.4 Å². The first kappa shape index (κ1) is 15.2. The Morgan fingerprint density at radius 1 is 1.05 bits per heavy atom. The Kier molecular flexibility index (Phi) is 5.88. The summed E-state index contributed by atoms with van der Waals surface area (Å²) in [6.07, 6.45) is 6.52. The minimum Gasteiger partial charge on any atom is -0.493 e. The summed E-state index contributed by atoms with van der Waals surface area (Å²) in [4.78, 5) is 4.01. The summed E-state index contributed by atoms with van der Waals surface area (Å²) in [5.74, 6) is 1.49. The van der Waals surface area contributed by atoms with Crippen LogP contribution in [0.4, 0.5) is 5.69 Å². The first-order chi connectivity index (χ1) is 10.3. The molecular weight excluding hydrogens is 264 g/mol. The first-order valence-electron chi connectivity index (χ1n) is 7.33. The van der Waals surface area contributed by atoms with Crippen LogP contribution >= 0.6 is 0 Å². The van der Waals surface area contributed by atoms with Crippen molar-refractivity contribution in [1.82, 2.24) is 4.98 Å². The zero-order valence-electron chi connectivity index (χ0n) is 12.4. The standard InChI is InChI=1S/C17H22N2O2/c1-2-11-21-17-13-15(5-6-16(17)18)20-12-3-4-14-7-9-19-10-8-14/h5-10,13H,2-4,11-12,18H2,1H3. The summed E-state index contributed by atoms with van der Waals surface area (Å²) in [7, 11) is 0. The van der Waals surface area contributed by atoms with Crippen molar-refractivity contribution < 1.29 is 9.47 Å². The highest BCUT2D eigenvalue weighted by molar-refractivity contribution is 5.55. The number of aromatic nitrogens is 1. The van der Waals surface area contributed by atoms with Crippen molar-refractivity contribution in [3.63, 3.8) is 0 Å². The fourth-order valence-corrected chi connectivity index (χ4v) is 1.96. The summed E-state index contributed by atoms with van der Waals surface area (Å²) in [5, 5.41) is 0. The van der Waals surface area contributed by atoms with Gasteiger partial charge in [0.15, 0.2) is 0 Å². The molecule has 0 atom stereocenters.